The highest BCUT2D eigenvalue weighted by Gasteiger charge is 2.40. The second kappa shape index (κ2) is 7.40. The number of nitrogens with two attached hydrogens (primary N) is 1. The third-order valence-electron chi connectivity index (χ3n) is 3.20. The van der Waals surface area contributed by atoms with Crippen molar-refractivity contribution < 1.29 is 29.1 Å². The Labute approximate surface area is 134 Å². The molecular weight excluding hydrogens is 306 g/mol. The Hall–Kier alpha value is -2.16. The molecule has 0 bridgehead atoms. The van der Waals surface area contributed by atoms with E-state index in [9.17, 15) is 24.4 Å². The summed E-state index contributed by atoms with van der Waals surface area (Å²) in [6.45, 7) is 5.39. The van der Waals surface area contributed by atoms with Gasteiger partial charge in [0.15, 0.2) is 0 Å². The number of hydrogen-bond donors (Lipinski definition) is 2. The minimum atomic E-state index is -0.965. The quantitative estimate of drug-likeness (QED) is 0.567. The van der Waals surface area contributed by atoms with E-state index in [1.165, 1.54) is 4.90 Å². The van der Waals surface area contributed by atoms with E-state index >= 15 is 0 Å². The van der Waals surface area contributed by atoms with Gasteiger partial charge in [0.1, 0.15) is 11.6 Å². The van der Waals surface area contributed by atoms with Crippen LogP contribution in [0.3, 0.4) is 0 Å². The Morgan fingerprint density at radius 3 is 2.39 bits per heavy atom. The monoisotopic (exact) mass is 329 g/mol. The lowest BCUT2D eigenvalue weighted by Crippen LogP contribution is -2.49. The van der Waals surface area contributed by atoms with Gasteiger partial charge in [-0.2, -0.15) is 5.06 Å². The number of carbonyl (C=O) groups is 4. The van der Waals surface area contributed by atoms with E-state index in [-0.39, 0.29) is 17.9 Å². The van der Waals surface area contributed by atoms with Crippen LogP contribution in [0.15, 0.2) is 0 Å². The molecule has 0 spiro atoms. The lowest BCUT2D eigenvalue weighted by Gasteiger charge is -2.29. The molecular formula is C14H23N3O6. The van der Waals surface area contributed by atoms with Crippen molar-refractivity contribution in [2.24, 2.45) is 5.73 Å². The number of rotatable bonds is 4. The summed E-state index contributed by atoms with van der Waals surface area (Å²) in [7, 11) is 0. The maximum Gasteiger partial charge on any atom is 0.410 e. The predicted molar refractivity (Wildman–Crippen MR) is 78.0 cm³/mol. The first-order valence-corrected chi connectivity index (χ1v) is 7.36. The van der Waals surface area contributed by atoms with Gasteiger partial charge in [-0.1, -0.05) is 0 Å². The number of primary amides is 1. The zero-order valence-corrected chi connectivity index (χ0v) is 13.6. The highest BCUT2D eigenvalue weighted by molar-refractivity contribution is 5.98. The van der Waals surface area contributed by atoms with Gasteiger partial charge in [-0.05, 0) is 33.6 Å². The maximum absolute atomic E-state index is 12.2. The smallest absolute Gasteiger partial charge is 0.410 e. The van der Waals surface area contributed by atoms with E-state index < -0.39 is 35.5 Å². The average molecular weight is 329 g/mol. The molecule has 0 saturated carbocycles. The fraction of sp³-hybridized carbons (Fsp3) is 0.714. The Balaban J connectivity index is 2.71. The number of imide groups is 1. The van der Waals surface area contributed by atoms with E-state index in [1.807, 2.05) is 0 Å². The number of nitrogens with zero attached hydrogens (tertiary/aromatic N) is 2. The fourth-order valence-electron chi connectivity index (χ4n) is 2.16. The van der Waals surface area contributed by atoms with Crippen LogP contribution in [-0.4, -0.2) is 57.2 Å². The van der Waals surface area contributed by atoms with Crippen LogP contribution >= 0.6 is 0 Å². The summed E-state index contributed by atoms with van der Waals surface area (Å²) in [4.78, 5) is 47.8. The molecule has 0 aliphatic carbocycles. The summed E-state index contributed by atoms with van der Waals surface area (Å²) in [5.74, 6) is -2.57. The molecule has 23 heavy (non-hydrogen) atoms. The number of hydroxylamine groups is 2. The molecule has 0 aromatic heterocycles. The van der Waals surface area contributed by atoms with Crippen molar-refractivity contribution >= 4 is 23.8 Å². The summed E-state index contributed by atoms with van der Waals surface area (Å²) in [6.07, 6.45) is -0.455. The Bertz CT molecular complexity index is 499. The Morgan fingerprint density at radius 2 is 1.87 bits per heavy atom. The summed E-state index contributed by atoms with van der Waals surface area (Å²) in [5, 5.41) is 9.65. The van der Waals surface area contributed by atoms with Gasteiger partial charge in [0.05, 0.1) is 0 Å². The molecule has 9 heteroatoms. The van der Waals surface area contributed by atoms with E-state index in [0.29, 0.717) is 19.4 Å². The molecule has 3 N–H and O–H groups in total. The first-order chi connectivity index (χ1) is 10.5. The summed E-state index contributed by atoms with van der Waals surface area (Å²) in [5.41, 5.74) is 4.20. The molecule has 0 unspecified atom stereocenters. The lowest BCUT2D eigenvalue weighted by molar-refractivity contribution is -0.182. The molecule has 130 valence electrons. The molecule has 1 atom stereocenters. The van der Waals surface area contributed by atoms with Gasteiger partial charge in [-0.15, -0.1) is 0 Å². The number of hydrogen-bond acceptors (Lipinski definition) is 6. The van der Waals surface area contributed by atoms with Crippen molar-refractivity contribution in [2.75, 3.05) is 6.54 Å². The highest BCUT2D eigenvalue weighted by Crippen LogP contribution is 2.22. The summed E-state index contributed by atoms with van der Waals surface area (Å²) >= 11 is 0. The molecule has 1 aliphatic rings. The number of carbonyl (C=O) groups excluding carboxylic acids is 4. The molecule has 1 heterocycles. The van der Waals surface area contributed by atoms with Crippen LogP contribution in [0.4, 0.5) is 4.79 Å². The normalized spacial score (nSPS) is 17.7. The molecule has 1 fully saturated rings. The van der Waals surface area contributed by atoms with Crippen molar-refractivity contribution in [3.63, 3.8) is 0 Å². The van der Waals surface area contributed by atoms with E-state index in [2.05, 4.69) is 0 Å². The molecule has 0 aromatic rings. The van der Waals surface area contributed by atoms with Gasteiger partial charge in [-0.25, -0.2) is 4.79 Å². The fourth-order valence-corrected chi connectivity index (χ4v) is 2.16. The SMILES string of the molecule is CC(C)(C)OC(=O)N1CCC[C@H]1C(=O)N(O)C(=O)CCC(N)=O. The second-order valence-electron chi connectivity index (χ2n) is 6.34. The number of likely N-dealkylation sites (tertiary alicyclic amines) is 1. The highest BCUT2D eigenvalue weighted by atomic mass is 16.6. The predicted octanol–water partition coefficient (Wildman–Crippen LogP) is 0.396. The van der Waals surface area contributed by atoms with E-state index in [1.54, 1.807) is 20.8 Å². The van der Waals surface area contributed by atoms with E-state index in [4.69, 9.17) is 10.5 Å². The van der Waals surface area contributed by atoms with Gasteiger partial charge >= 0.3 is 6.09 Å². The largest absolute Gasteiger partial charge is 0.444 e. The van der Waals surface area contributed by atoms with Crippen LogP contribution < -0.4 is 5.73 Å². The minimum absolute atomic E-state index is 0.0453. The van der Waals surface area contributed by atoms with Crippen molar-refractivity contribution in [1.29, 1.82) is 0 Å². The molecule has 9 nitrogen and oxygen atoms in total. The van der Waals surface area contributed by atoms with Crippen molar-refractivity contribution in [1.82, 2.24) is 9.96 Å². The van der Waals surface area contributed by atoms with E-state index in [0.717, 1.165) is 0 Å². The molecule has 1 rings (SSSR count). The Morgan fingerprint density at radius 1 is 1.26 bits per heavy atom. The molecule has 1 aliphatic heterocycles. The maximum atomic E-state index is 12.2. The van der Waals surface area contributed by atoms with Gasteiger partial charge in [0.25, 0.3) is 11.8 Å². The topological polar surface area (TPSA) is 130 Å². The van der Waals surface area contributed by atoms with Gasteiger partial charge < -0.3 is 10.5 Å². The Kier molecular flexibility index (Phi) is 6.08. The lowest BCUT2D eigenvalue weighted by atomic mass is 10.2. The first kappa shape index (κ1) is 18.9. The molecule has 1 saturated heterocycles. The van der Waals surface area contributed by atoms with Crippen molar-refractivity contribution in [2.45, 2.75) is 58.1 Å². The summed E-state index contributed by atoms with van der Waals surface area (Å²) in [6, 6.07) is -0.965. The zero-order chi connectivity index (χ0) is 17.8. The third kappa shape index (κ3) is 5.51. The van der Waals surface area contributed by atoms with Crippen LogP contribution in [0.25, 0.3) is 0 Å². The molecule has 0 radical (unpaired) electrons. The third-order valence-corrected chi connectivity index (χ3v) is 3.20. The zero-order valence-electron chi connectivity index (χ0n) is 13.6. The number of ether oxygens (including phenoxy) is 1. The summed E-state index contributed by atoms with van der Waals surface area (Å²) < 4.78 is 5.21. The molecule has 4 amide bonds. The van der Waals surface area contributed by atoms with Crippen LogP contribution in [0.1, 0.15) is 46.5 Å². The van der Waals surface area contributed by atoms with Gasteiger partial charge in [0.2, 0.25) is 5.91 Å². The number of amides is 4. The standard InChI is InChI=1S/C14H23N3O6/c1-14(2,3)23-13(21)16-8-4-5-9(16)12(20)17(22)11(19)7-6-10(15)18/h9,22H,4-8H2,1-3H3,(H2,15,18)/t9-/m0/s1. The molecule has 0 aromatic carbocycles. The minimum Gasteiger partial charge on any atom is -0.444 e. The first-order valence-electron chi connectivity index (χ1n) is 7.36. The van der Waals surface area contributed by atoms with Gasteiger partial charge in [-0.3, -0.25) is 24.5 Å². The van der Waals surface area contributed by atoms with Crippen LogP contribution in [0.2, 0.25) is 0 Å². The van der Waals surface area contributed by atoms with Crippen molar-refractivity contribution in [3.8, 4) is 0 Å². The van der Waals surface area contributed by atoms with Gasteiger partial charge in [0, 0.05) is 19.4 Å². The van der Waals surface area contributed by atoms with Crippen LogP contribution in [0.5, 0.6) is 0 Å². The average Bonchev–Trinajstić information content (AvgIpc) is 2.90. The second-order valence-corrected chi connectivity index (χ2v) is 6.34. The van der Waals surface area contributed by atoms with Crippen molar-refractivity contribution in [3.05, 3.63) is 0 Å². The van der Waals surface area contributed by atoms with Crippen LogP contribution in [-0.2, 0) is 19.1 Å². The van der Waals surface area contributed by atoms with Crippen LogP contribution in [0, 0.1) is 0 Å².